The molecule has 2 rings (SSSR count). The maximum atomic E-state index is 12.5. The third-order valence-corrected chi connectivity index (χ3v) is 4.47. The van der Waals surface area contributed by atoms with Crippen LogP contribution in [0.4, 0.5) is 0 Å². The monoisotopic (exact) mass is 334 g/mol. The SMILES string of the molecule is CCOC(=O)c1c(SC)cc2ccc(C(=O)N(CC)CC)cn12. The van der Waals surface area contributed by atoms with Gasteiger partial charge < -0.3 is 14.0 Å². The second kappa shape index (κ2) is 7.55. The maximum absolute atomic E-state index is 12.5. The zero-order valence-electron chi connectivity index (χ0n) is 14.0. The highest BCUT2D eigenvalue weighted by Crippen LogP contribution is 2.26. The predicted molar refractivity (Wildman–Crippen MR) is 92.4 cm³/mol. The molecule has 0 atom stereocenters. The maximum Gasteiger partial charge on any atom is 0.356 e. The molecule has 0 spiro atoms. The number of esters is 1. The molecule has 124 valence electrons. The van der Waals surface area contributed by atoms with Gasteiger partial charge in [0.25, 0.3) is 5.91 Å². The molecule has 0 saturated carbocycles. The van der Waals surface area contributed by atoms with E-state index in [1.54, 1.807) is 28.5 Å². The van der Waals surface area contributed by atoms with Gasteiger partial charge >= 0.3 is 5.97 Å². The Morgan fingerprint density at radius 2 is 1.91 bits per heavy atom. The predicted octanol–water partition coefficient (Wildman–Crippen LogP) is 3.32. The zero-order valence-corrected chi connectivity index (χ0v) is 14.8. The normalized spacial score (nSPS) is 10.8. The number of carbonyl (C=O) groups excluding carboxylic acids is 2. The minimum atomic E-state index is -0.371. The van der Waals surface area contributed by atoms with Crippen molar-refractivity contribution >= 4 is 29.2 Å². The number of aromatic nitrogens is 1. The van der Waals surface area contributed by atoms with Crippen molar-refractivity contribution in [3.05, 3.63) is 35.7 Å². The fourth-order valence-electron chi connectivity index (χ4n) is 2.52. The second-order valence-electron chi connectivity index (χ2n) is 4.97. The van der Waals surface area contributed by atoms with Gasteiger partial charge in [-0.15, -0.1) is 11.8 Å². The summed E-state index contributed by atoms with van der Waals surface area (Å²) in [5.74, 6) is -0.407. The molecule has 6 heteroatoms. The molecule has 23 heavy (non-hydrogen) atoms. The lowest BCUT2D eigenvalue weighted by molar-refractivity contribution is 0.0513. The lowest BCUT2D eigenvalue weighted by Gasteiger charge is -2.18. The summed E-state index contributed by atoms with van der Waals surface area (Å²) in [6.45, 7) is 7.30. The van der Waals surface area contributed by atoms with Crippen molar-refractivity contribution in [1.29, 1.82) is 0 Å². The van der Waals surface area contributed by atoms with Crippen molar-refractivity contribution in [3.8, 4) is 0 Å². The van der Waals surface area contributed by atoms with E-state index >= 15 is 0 Å². The van der Waals surface area contributed by atoms with Gasteiger partial charge in [0.15, 0.2) is 0 Å². The summed E-state index contributed by atoms with van der Waals surface area (Å²) in [5.41, 5.74) is 1.91. The first kappa shape index (κ1) is 17.4. The molecule has 0 aliphatic carbocycles. The summed E-state index contributed by atoms with van der Waals surface area (Å²) in [4.78, 5) is 27.4. The van der Waals surface area contributed by atoms with Crippen molar-refractivity contribution in [2.24, 2.45) is 0 Å². The summed E-state index contributed by atoms with van der Waals surface area (Å²) in [6.07, 6.45) is 3.64. The molecule has 0 radical (unpaired) electrons. The van der Waals surface area contributed by atoms with E-state index in [1.807, 2.05) is 32.2 Å². The Balaban J connectivity index is 2.55. The molecule has 5 nitrogen and oxygen atoms in total. The third kappa shape index (κ3) is 3.37. The largest absolute Gasteiger partial charge is 0.461 e. The molecular formula is C17H22N2O3S. The molecular weight excluding hydrogens is 312 g/mol. The van der Waals surface area contributed by atoms with Crippen LogP contribution in [0.1, 0.15) is 41.6 Å². The van der Waals surface area contributed by atoms with Gasteiger partial charge in [-0.3, -0.25) is 4.79 Å². The van der Waals surface area contributed by atoms with E-state index in [2.05, 4.69) is 0 Å². The lowest BCUT2D eigenvalue weighted by Crippen LogP contribution is -2.30. The molecule has 0 unspecified atom stereocenters. The number of ether oxygens (including phenoxy) is 1. The van der Waals surface area contributed by atoms with Crippen LogP contribution in [0, 0.1) is 0 Å². The molecule has 0 fully saturated rings. The summed E-state index contributed by atoms with van der Waals surface area (Å²) < 4.78 is 6.91. The third-order valence-electron chi connectivity index (χ3n) is 3.72. The number of fused-ring (bicyclic) bond motifs is 1. The standard InChI is InChI=1S/C17H22N2O3S/c1-5-18(6-2)16(20)12-8-9-13-10-14(23-4)15(19(13)11-12)17(21)22-7-3/h8-11H,5-7H2,1-4H3. The quantitative estimate of drug-likeness (QED) is 0.601. The molecule has 0 aromatic carbocycles. The van der Waals surface area contributed by atoms with E-state index in [-0.39, 0.29) is 11.9 Å². The van der Waals surface area contributed by atoms with Gasteiger partial charge in [0.1, 0.15) is 5.69 Å². The second-order valence-corrected chi connectivity index (χ2v) is 5.82. The smallest absolute Gasteiger partial charge is 0.356 e. The van der Waals surface area contributed by atoms with Crippen LogP contribution in [0.15, 0.2) is 29.3 Å². The Morgan fingerprint density at radius 1 is 1.22 bits per heavy atom. The van der Waals surface area contributed by atoms with E-state index < -0.39 is 0 Å². The molecule has 2 aromatic rings. The Hall–Kier alpha value is -1.95. The van der Waals surface area contributed by atoms with Gasteiger partial charge in [-0.05, 0) is 45.2 Å². The van der Waals surface area contributed by atoms with E-state index in [0.29, 0.717) is 31.0 Å². The van der Waals surface area contributed by atoms with Crippen LogP contribution in [0.5, 0.6) is 0 Å². The number of pyridine rings is 1. The van der Waals surface area contributed by atoms with Crippen molar-refractivity contribution in [3.63, 3.8) is 0 Å². The number of amides is 1. The highest BCUT2D eigenvalue weighted by molar-refractivity contribution is 7.98. The number of hydrogen-bond acceptors (Lipinski definition) is 4. The average Bonchev–Trinajstić information content (AvgIpc) is 2.93. The molecule has 0 aliphatic rings. The van der Waals surface area contributed by atoms with Crippen LogP contribution in [0.2, 0.25) is 0 Å². The zero-order chi connectivity index (χ0) is 17.0. The van der Waals surface area contributed by atoms with Crippen molar-refractivity contribution in [2.75, 3.05) is 26.0 Å². The van der Waals surface area contributed by atoms with Crippen LogP contribution >= 0.6 is 11.8 Å². The van der Waals surface area contributed by atoms with Crippen LogP contribution < -0.4 is 0 Å². The van der Waals surface area contributed by atoms with Gasteiger partial charge in [0, 0.05) is 29.7 Å². The highest BCUT2D eigenvalue weighted by atomic mass is 32.2. The number of hydrogen-bond donors (Lipinski definition) is 0. The Bertz CT molecular complexity index is 720. The molecule has 0 N–H and O–H groups in total. The van der Waals surface area contributed by atoms with Gasteiger partial charge in [-0.25, -0.2) is 4.79 Å². The molecule has 2 aromatic heterocycles. The fraction of sp³-hybridized carbons (Fsp3) is 0.412. The number of nitrogens with zero attached hydrogens (tertiary/aromatic N) is 2. The van der Waals surface area contributed by atoms with Gasteiger partial charge in [0.05, 0.1) is 12.2 Å². The van der Waals surface area contributed by atoms with Gasteiger partial charge in [0.2, 0.25) is 0 Å². The van der Waals surface area contributed by atoms with Crippen LogP contribution in [0.3, 0.4) is 0 Å². The Morgan fingerprint density at radius 3 is 2.48 bits per heavy atom. The molecule has 0 saturated heterocycles. The fourth-order valence-corrected chi connectivity index (χ4v) is 3.13. The molecule has 2 heterocycles. The van der Waals surface area contributed by atoms with E-state index in [0.717, 1.165) is 10.4 Å². The molecule has 1 amide bonds. The lowest BCUT2D eigenvalue weighted by atomic mass is 10.2. The number of rotatable bonds is 6. The molecule has 0 bridgehead atoms. The topological polar surface area (TPSA) is 51.0 Å². The van der Waals surface area contributed by atoms with Crippen LogP contribution in [-0.2, 0) is 4.74 Å². The van der Waals surface area contributed by atoms with E-state index in [1.165, 1.54) is 11.8 Å². The summed E-state index contributed by atoms with van der Waals surface area (Å²) in [5, 5.41) is 0. The number of carbonyl (C=O) groups is 2. The van der Waals surface area contributed by atoms with Gasteiger partial charge in [-0.2, -0.15) is 0 Å². The number of thioether (sulfide) groups is 1. The Kier molecular flexibility index (Phi) is 5.71. The van der Waals surface area contributed by atoms with Crippen LogP contribution in [0.25, 0.3) is 5.52 Å². The Labute approximate surface area is 140 Å². The van der Waals surface area contributed by atoms with Crippen molar-refractivity contribution in [2.45, 2.75) is 25.7 Å². The van der Waals surface area contributed by atoms with Crippen molar-refractivity contribution < 1.29 is 14.3 Å². The van der Waals surface area contributed by atoms with Crippen molar-refractivity contribution in [1.82, 2.24) is 9.30 Å². The average molecular weight is 334 g/mol. The van der Waals surface area contributed by atoms with E-state index in [4.69, 9.17) is 4.74 Å². The van der Waals surface area contributed by atoms with E-state index in [9.17, 15) is 9.59 Å². The summed E-state index contributed by atoms with van der Waals surface area (Å²) >= 11 is 1.49. The molecule has 0 aliphatic heterocycles. The minimum absolute atomic E-state index is 0.0360. The summed E-state index contributed by atoms with van der Waals surface area (Å²) in [7, 11) is 0. The first-order valence-electron chi connectivity index (χ1n) is 7.72. The van der Waals surface area contributed by atoms with Crippen LogP contribution in [-0.4, -0.2) is 47.1 Å². The minimum Gasteiger partial charge on any atom is -0.461 e. The summed E-state index contributed by atoms with van der Waals surface area (Å²) in [6, 6.07) is 5.59. The first-order chi connectivity index (χ1) is 11.1. The van der Waals surface area contributed by atoms with Gasteiger partial charge in [-0.1, -0.05) is 0 Å². The first-order valence-corrected chi connectivity index (χ1v) is 8.95. The highest BCUT2D eigenvalue weighted by Gasteiger charge is 2.20.